The molecule has 0 aliphatic heterocycles. The average molecular weight is 420 g/mol. The van der Waals surface area contributed by atoms with E-state index in [4.69, 9.17) is 8.83 Å². The molecule has 0 spiro atoms. The van der Waals surface area contributed by atoms with E-state index < -0.39 is 5.76 Å². The van der Waals surface area contributed by atoms with Crippen LogP contribution in [0.25, 0.3) is 22.6 Å². The minimum atomic E-state index is -0.613. The van der Waals surface area contributed by atoms with Gasteiger partial charge in [0.25, 0.3) is 5.89 Å². The van der Waals surface area contributed by atoms with Crippen LogP contribution in [-0.4, -0.2) is 15.2 Å². The van der Waals surface area contributed by atoms with E-state index in [2.05, 4.69) is 43.1 Å². The summed E-state index contributed by atoms with van der Waals surface area (Å²) in [4.78, 5) is 15.4. The van der Waals surface area contributed by atoms with E-state index in [0.29, 0.717) is 22.4 Å². The molecule has 0 unspecified atom stereocenters. The van der Waals surface area contributed by atoms with Crippen LogP contribution in [0.15, 0.2) is 56.4 Å². The third kappa shape index (κ3) is 2.72. The van der Waals surface area contributed by atoms with Crippen molar-refractivity contribution in [2.24, 2.45) is 0 Å². The van der Waals surface area contributed by atoms with Crippen molar-refractivity contribution in [2.45, 2.75) is 0 Å². The van der Waals surface area contributed by atoms with Gasteiger partial charge in [-0.25, -0.2) is 14.9 Å². The number of hydrogen-bond donors (Lipinski definition) is 2. The predicted octanol–water partition coefficient (Wildman–Crippen LogP) is 3.52. The van der Waals surface area contributed by atoms with Crippen molar-refractivity contribution in [3.8, 4) is 11.5 Å². The van der Waals surface area contributed by atoms with Crippen LogP contribution < -0.4 is 11.1 Å². The van der Waals surface area contributed by atoms with Crippen molar-refractivity contribution in [2.75, 3.05) is 5.32 Å². The first-order chi connectivity index (χ1) is 11.2. The molecule has 0 aliphatic rings. The van der Waals surface area contributed by atoms with E-state index in [1.807, 2.05) is 30.3 Å². The number of hydrogen-bond acceptors (Lipinski definition) is 6. The molecule has 0 amide bonds. The molecule has 0 aliphatic carbocycles. The highest BCUT2D eigenvalue weighted by molar-refractivity contribution is 14.1. The molecule has 2 heterocycles. The Morgan fingerprint density at radius 1 is 1.17 bits per heavy atom. The van der Waals surface area contributed by atoms with Gasteiger partial charge in [0.15, 0.2) is 12.0 Å². The zero-order chi connectivity index (χ0) is 15.8. The highest BCUT2D eigenvalue weighted by Gasteiger charge is 2.15. The van der Waals surface area contributed by atoms with Gasteiger partial charge in [-0.2, -0.15) is 0 Å². The lowest BCUT2D eigenvalue weighted by Gasteiger charge is -2.10. The van der Waals surface area contributed by atoms with Crippen molar-refractivity contribution in [1.29, 1.82) is 0 Å². The molecule has 0 radical (unpaired) electrons. The maximum absolute atomic E-state index is 11.2. The van der Waals surface area contributed by atoms with E-state index in [-0.39, 0.29) is 5.89 Å². The molecule has 114 valence electrons. The Hall–Kier alpha value is -2.62. The summed E-state index contributed by atoms with van der Waals surface area (Å²) >= 11 is 2.24. The highest BCUT2D eigenvalue weighted by Crippen LogP contribution is 2.32. The zero-order valence-corrected chi connectivity index (χ0v) is 13.7. The summed E-state index contributed by atoms with van der Waals surface area (Å²) < 4.78 is 11.5. The Bertz CT molecular complexity index is 1030. The normalized spacial score (nSPS) is 11.0. The van der Waals surface area contributed by atoms with Gasteiger partial charge < -0.3 is 14.2 Å². The van der Waals surface area contributed by atoms with Gasteiger partial charge in [0.2, 0.25) is 0 Å². The van der Waals surface area contributed by atoms with Gasteiger partial charge in [0.1, 0.15) is 5.52 Å². The lowest BCUT2D eigenvalue weighted by molar-refractivity contribution is 0.527. The summed E-state index contributed by atoms with van der Waals surface area (Å²) in [7, 11) is 0. The third-order valence-corrected chi connectivity index (χ3v) is 3.98. The molecular formula is C15H9IN4O3. The number of halogens is 1. The van der Waals surface area contributed by atoms with Gasteiger partial charge in [-0.05, 0) is 59.0 Å². The number of aromatic nitrogens is 3. The number of nitrogens with zero attached hydrogens (tertiary/aromatic N) is 2. The van der Waals surface area contributed by atoms with Crippen molar-refractivity contribution >= 4 is 45.1 Å². The number of oxazole rings is 1. The summed E-state index contributed by atoms with van der Waals surface area (Å²) in [5.74, 6) is -0.431. The minimum Gasteiger partial charge on any atom is -0.443 e. The first kappa shape index (κ1) is 14.0. The molecule has 23 heavy (non-hydrogen) atoms. The van der Waals surface area contributed by atoms with Crippen LogP contribution in [-0.2, 0) is 0 Å². The van der Waals surface area contributed by atoms with Crippen molar-refractivity contribution < 1.29 is 8.83 Å². The summed E-state index contributed by atoms with van der Waals surface area (Å²) in [6.07, 6.45) is 1.36. The van der Waals surface area contributed by atoms with Crippen LogP contribution in [0.4, 0.5) is 11.4 Å². The fourth-order valence-corrected chi connectivity index (χ4v) is 2.58. The fourth-order valence-electron chi connectivity index (χ4n) is 2.22. The Kier molecular flexibility index (Phi) is 3.37. The summed E-state index contributed by atoms with van der Waals surface area (Å²) in [6, 6.07) is 11.5. The van der Waals surface area contributed by atoms with Crippen LogP contribution in [0.1, 0.15) is 0 Å². The minimum absolute atomic E-state index is 0.182. The lowest BCUT2D eigenvalue weighted by atomic mass is 10.1. The Morgan fingerprint density at radius 2 is 2.00 bits per heavy atom. The number of rotatable bonds is 3. The first-order valence-corrected chi connectivity index (χ1v) is 7.73. The molecule has 4 aromatic rings. The first-order valence-electron chi connectivity index (χ1n) is 6.65. The van der Waals surface area contributed by atoms with Crippen molar-refractivity contribution in [1.82, 2.24) is 15.2 Å². The van der Waals surface area contributed by atoms with Crippen LogP contribution in [0.3, 0.4) is 0 Å². The molecule has 2 aromatic carbocycles. The number of nitrogens with one attached hydrogen (secondary N) is 2. The third-order valence-electron chi connectivity index (χ3n) is 3.26. The van der Waals surface area contributed by atoms with Crippen molar-refractivity contribution in [3.63, 3.8) is 0 Å². The molecule has 2 N–H and O–H groups in total. The van der Waals surface area contributed by atoms with E-state index in [9.17, 15) is 4.79 Å². The molecule has 4 rings (SSSR count). The van der Waals surface area contributed by atoms with Gasteiger partial charge in [-0.15, -0.1) is 5.10 Å². The van der Waals surface area contributed by atoms with Crippen LogP contribution >= 0.6 is 22.6 Å². The van der Waals surface area contributed by atoms with Gasteiger partial charge in [0, 0.05) is 9.26 Å². The molecule has 0 saturated carbocycles. The molecule has 0 fully saturated rings. The Labute approximate surface area is 142 Å². The Balaban J connectivity index is 1.85. The Morgan fingerprint density at radius 3 is 2.74 bits per heavy atom. The van der Waals surface area contributed by atoms with Gasteiger partial charge in [-0.1, -0.05) is 0 Å². The zero-order valence-electron chi connectivity index (χ0n) is 11.5. The van der Waals surface area contributed by atoms with Gasteiger partial charge in [0.05, 0.1) is 11.3 Å². The van der Waals surface area contributed by atoms with Crippen LogP contribution in [0.5, 0.6) is 0 Å². The number of aromatic amines is 1. The number of benzene rings is 2. The topological polar surface area (TPSA) is 97.0 Å². The molecule has 2 aromatic heterocycles. The number of fused-ring (bicyclic) bond motifs is 1. The SMILES string of the molecule is O=c1[nH]nc(-c2cc3ocnc3cc2Nc2ccc(I)cc2)o1. The average Bonchev–Trinajstić information content (AvgIpc) is 3.17. The van der Waals surface area contributed by atoms with Crippen molar-refractivity contribution in [3.05, 3.63) is 56.9 Å². The molecular weight excluding hydrogens is 411 g/mol. The second-order valence-electron chi connectivity index (χ2n) is 4.77. The molecule has 0 bridgehead atoms. The van der Waals surface area contributed by atoms with Crippen LogP contribution in [0.2, 0.25) is 0 Å². The molecule has 0 saturated heterocycles. The molecule has 8 heteroatoms. The molecule has 0 atom stereocenters. The lowest BCUT2D eigenvalue weighted by Crippen LogP contribution is -1.94. The van der Waals surface area contributed by atoms with Gasteiger partial charge in [-0.3, -0.25) is 0 Å². The number of anilines is 2. The maximum Gasteiger partial charge on any atom is 0.434 e. The van der Waals surface area contributed by atoms with E-state index in [0.717, 1.165) is 9.26 Å². The van der Waals surface area contributed by atoms with E-state index in [1.165, 1.54) is 6.39 Å². The maximum atomic E-state index is 11.2. The quantitative estimate of drug-likeness (QED) is 0.493. The monoisotopic (exact) mass is 420 g/mol. The summed E-state index contributed by atoms with van der Waals surface area (Å²) in [6.45, 7) is 0. The van der Waals surface area contributed by atoms with E-state index in [1.54, 1.807) is 6.07 Å². The second kappa shape index (κ2) is 5.54. The summed E-state index contributed by atoms with van der Waals surface area (Å²) in [5.41, 5.74) is 3.49. The smallest absolute Gasteiger partial charge is 0.434 e. The number of H-pyrrole nitrogens is 1. The molecule has 7 nitrogen and oxygen atoms in total. The second-order valence-corrected chi connectivity index (χ2v) is 6.01. The standard InChI is InChI=1S/C15H9IN4O3/c16-8-1-3-9(4-2-8)18-11-6-12-13(22-7-17-12)5-10(11)14-19-20-15(21)23-14/h1-7,18H,(H,20,21). The highest BCUT2D eigenvalue weighted by atomic mass is 127. The van der Waals surface area contributed by atoms with Crippen LogP contribution in [0, 0.1) is 3.57 Å². The predicted molar refractivity (Wildman–Crippen MR) is 92.6 cm³/mol. The summed E-state index contributed by atoms with van der Waals surface area (Å²) in [5, 5.41) is 9.43. The van der Waals surface area contributed by atoms with E-state index >= 15 is 0 Å². The van der Waals surface area contributed by atoms with Gasteiger partial charge >= 0.3 is 5.76 Å². The fraction of sp³-hybridized carbons (Fsp3) is 0. The largest absolute Gasteiger partial charge is 0.443 e.